The van der Waals surface area contributed by atoms with Gasteiger partial charge in [0.15, 0.2) is 5.58 Å². The molecule has 6 aromatic rings. The number of phosphoric acid groups is 3. The van der Waals surface area contributed by atoms with Crippen LogP contribution in [0.3, 0.4) is 0 Å². The topological polar surface area (TPSA) is 456 Å². The van der Waals surface area contributed by atoms with Gasteiger partial charge in [0.05, 0.1) is 31.5 Å². The third kappa shape index (κ3) is 18.4. The van der Waals surface area contributed by atoms with E-state index >= 15 is 0 Å². The number of ether oxygens (including phenoxy) is 4. The Labute approximate surface area is 477 Å². The van der Waals surface area contributed by atoms with Crippen molar-refractivity contribution in [2.75, 3.05) is 69.9 Å². The number of nitrogens with zero attached hydrogens (tertiary/aromatic N) is 4. The quantitative estimate of drug-likeness (QED) is 0.0106. The number of benzene rings is 3. The zero-order valence-corrected chi connectivity index (χ0v) is 47.7. The van der Waals surface area contributed by atoms with E-state index in [2.05, 4.69) is 69.7 Å². The van der Waals surface area contributed by atoms with Gasteiger partial charge in [0.2, 0.25) is 11.8 Å². The fourth-order valence-electron chi connectivity index (χ4n) is 8.30. The second-order valence-corrected chi connectivity index (χ2v) is 22.7. The van der Waals surface area contributed by atoms with Crippen LogP contribution in [0, 0.1) is 11.8 Å². The molecule has 3 aromatic heterocycles. The minimum Gasteiger partial charge on any atom is -0.489 e. The minimum absolute atomic E-state index is 0.0205. The SMILES string of the molecule is CCN(CC)c1ccc2cc(-c3nc4cc(C(=O)NCCCCCNC(=O)c5cccc(OCC(N)OCC(=O)NCC#Cc6cn(C7CC(OCN)C(COP(=O)(O)OP(=O)(O)OP(=O)(O)O)O7)c(=O)nc6N)c5)ccc4o3)c(=O)oc2c1. The van der Waals surface area contributed by atoms with Gasteiger partial charge >= 0.3 is 34.8 Å². The number of hydrogen-bond acceptors (Lipinski definition) is 23. The number of nitrogens with one attached hydrogen (secondary N) is 3. The van der Waals surface area contributed by atoms with Gasteiger partial charge in [-0.3, -0.25) is 23.5 Å². The summed E-state index contributed by atoms with van der Waals surface area (Å²) in [6.45, 7) is 4.29. The lowest BCUT2D eigenvalue weighted by atomic mass is 10.1. The maximum Gasteiger partial charge on any atom is 0.490 e. The average Bonchev–Trinajstić information content (AvgIpc) is 2.91. The van der Waals surface area contributed by atoms with Crippen molar-refractivity contribution in [1.82, 2.24) is 30.5 Å². The van der Waals surface area contributed by atoms with Crippen molar-refractivity contribution in [3.05, 3.63) is 111 Å². The van der Waals surface area contributed by atoms with Crippen LogP contribution in [0.2, 0.25) is 0 Å². The van der Waals surface area contributed by atoms with Crippen molar-refractivity contribution in [3.8, 4) is 29.0 Å². The highest BCUT2D eigenvalue weighted by atomic mass is 31.3. The van der Waals surface area contributed by atoms with E-state index < -0.39 is 85.3 Å². The summed E-state index contributed by atoms with van der Waals surface area (Å²) in [5, 5.41) is 8.97. The zero-order valence-electron chi connectivity index (χ0n) is 45.0. The van der Waals surface area contributed by atoms with E-state index in [0.29, 0.717) is 71.3 Å². The number of fused-ring (bicyclic) bond motifs is 2. The predicted octanol–water partition coefficient (Wildman–Crippen LogP) is 2.70. The molecule has 84 heavy (non-hydrogen) atoms. The Kier molecular flexibility index (Phi) is 22.3. The van der Waals surface area contributed by atoms with Crippen molar-refractivity contribution < 1.29 is 88.6 Å². The van der Waals surface area contributed by atoms with Crippen LogP contribution in [-0.4, -0.2) is 130 Å². The van der Waals surface area contributed by atoms with E-state index in [-0.39, 0.29) is 54.2 Å². The number of carbonyl (C=O) groups excluding carboxylic acids is 3. The maximum absolute atomic E-state index is 13.0. The number of amides is 3. The molecule has 0 spiro atoms. The summed E-state index contributed by atoms with van der Waals surface area (Å²) < 4.78 is 81.6. The molecule has 6 unspecified atom stereocenters. The number of rotatable bonds is 29. The van der Waals surface area contributed by atoms with Crippen LogP contribution in [0.5, 0.6) is 5.75 Å². The smallest absolute Gasteiger partial charge is 0.489 e. The van der Waals surface area contributed by atoms with Crippen molar-refractivity contribution >= 4 is 74.8 Å². The standard InChI is InChI=1S/C50H61N10O21P3/c1-3-59(4-2)34-15-13-30-21-36(49(64)79-39(30)23-34)48-57-37-22-32(14-16-38(37)78-48)47(63)56-18-7-5-6-17-55-46(62)31-10-8-12-35(20-31)73-27-42(52)74-28-43(61)54-19-9-11-33-25-60(50(65)58-45(33)53)44-24-40(75-29-51)41(77-44)26-76-83(69,70)81-84(71,72)80-82(66,67)68/h8,10,12-16,20-23,25,40-42,44H,3-7,17-19,24,26-29,51-52H2,1-2H3,(H,54,61)(H,55,62)(H,56,63)(H,69,70)(H,71,72)(H2,53,58,65)(H2,66,67,68). The van der Waals surface area contributed by atoms with Crippen LogP contribution in [0.15, 0.2) is 91.4 Å². The number of hydrogen-bond donors (Lipinski definition) is 10. The molecule has 34 heteroatoms. The van der Waals surface area contributed by atoms with Gasteiger partial charge in [-0.15, -0.1) is 0 Å². The van der Waals surface area contributed by atoms with E-state index in [9.17, 15) is 47.5 Å². The van der Waals surface area contributed by atoms with Gasteiger partial charge in [-0.25, -0.2) is 28.3 Å². The molecule has 452 valence electrons. The summed E-state index contributed by atoms with van der Waals surface area (Å²) in [5.41, 5.74) is 19.0. The first-order chi connectivity index (χ1) is 39.9. The molecule has 7 rings (SSSR count). The molecule has 3 amide bonds. The van der Waals surface area contributed by atoms with Crippen LogP contribution >= 0.6 is 23.5 Å². The number of phosphoric ester groups is 1. The number of carbonyl (C=O) groups is 3. The Balaban J connectivity index is 0.780. The van der Waals surface area contributed by atoms with Crippen LogP contribution in [0.4, 0.5) is 11.5 Å². The number of unbranched alkanes of at least 4 members (excludes halogenated alkanes) is 2. The Bertz CT molecular complexity index is 3670. The van der Waals surface area contributed by atoms with E-state index in [1.165, 1.54) is 12.3 Å². The normalized spacial score (nSPS) is 16.9. The molecule has 0 aliphatic carbocycles. The Hall–Kier alpha value is -7.20. The highest BCUT2D eigenvalue weighted by Gasteiger charge is 2.44. The number of nitrogens with two attached hydrogens (primary N) is 3. The third-order valence-electron chi connectivity index (χ3n) is 12.3. The molecule has 1 saturated heterocycles. The van der Waals surface area contributed by atoms with Gasteiger partial charge in [-0.2, -0.15) is 13.6 Å². The van der Waals surface area contributed by atoms with E-state index in [4.69, 9.17) is 54.8 Å². The van der Waals surface area contributed by atoms with Crippen LogP contribution < -0.4 is 54.1 Å². The van der Waals surface area contributed by atoms with E-state index in [1.807, 2.05) is 18.2 Å². The Morgan fingerprint density at radius 1 is 0.869 bits per heavy atom. The van der Waals surface area contributed by atoms with Crippen LogP contribution in [0.1, 0.15) is 72.0 Å². The first kappa shape index (κ1) is 64.4. The summed E-state index contributed by atoms with van der Waals surface area (Å²) in [4.78, 5) is 111. The van der Waals surface area contributed by atoms with Gasteiger partial charge in [-0.05, 0) is 87.7 Å². The summed E-state index contributed by atoms with van der Waals surface area (Å²) in [6, 6.07) is 18.6. The molecule has 1 aliphatic heterocycles. The lowest BCUT2D eigenvalue weighted by molar-refractivity contribution is -0.128. The fraction of sp³-hybridized carbons (Fsp3) is 0.380. The molecular formula is C50H61N10O21P3. The zero-order chi connectivity index (χ0) is 60.8. The van der Waals surface area contributed by atoms with E-state index in [0.717, 1.165) is 23.3 Å². The highest BCUT2D eigenvalue weighted by Crippen LogP contribution is 2.66. The molecule has 1 fully saturated rings. The predicted molar refractivity (Wildman–Crippen MR) is 298 cm³/mol. The number of aromatic nitrogens is 3. The monoisotopic (exact) mass is 1230 g/mol. The van der Waals surface area contributed by atoms with Gasteiger partial charge in [-0.1, -0.05) is 17.9 Å². The molecule has 0 radical (unpaired) electrons. The van der Waals surface area contributed by atoms with Gasteiger partial charge in [0, 0.05) is 67.1 Å². The average molecular weight is 1230 g/mol. The first-order valence-corrected chi connectivity index (χ1v) is 30.3. The molecular weight excluding hydrogens is 1170 g/mol. The third-order valence-corrected chi connectivity index (χ3v) is 16.1. The Morgan fingerprint density at radius 2 is 1.60 bits per heavy atom. The summed E-state index contributed by atoms with van der Waals surface area (Å²) in [5.74, 6) is 4.18. The van der Waals surface area contributed by atoms with Crippen molar-refractivity contribution in [3.63, 3.8) is 0 Å². The molecule has 1 aliphatic rings. The maximum atomic E-state index is 13.0. The summed E-state index contributed by atoms with van der Waals surface area (Å²) in [6.07, 6.45) is -1.49. The lowest BCUT2D eigenvalue weighted by Gasteiger charge is -2.21. The minimum atomic E-state index is -5.80. The molecule has 4 heterocycles. The molecule has 31 nitrogen and oxygen atoms in total. The molecule has 13 N–H and O–H groups in total. The number of anilines is 2. The summed E-state index contributed by atoms with van der Waals surface area (Å²) >= 11 is 0. The number of nitrogen functional groups attached to an aromatic ring is 1. The van der Waals surface area contributed by atoms with Crippen LogP contribution in [-0.2, 0) is 45.8 Å². The van der Waals surface area contributed by atoms with E-state index in [1.54, 1.807) is 42.5 Å². The fourth-order valence-corrected chi connectivity index (χ4v) is 11.3. The largest absolute Gasteiger partial charge is 0.490 e. The first-order valence-electron chi connectivity index (χ1n) is 25.7. The van der Waals surface area contributed by atoms with Crippen molar-refractivity contribution in [2.45, 2.75) is 64.2 Å². The molecule has 6 atom stereocenters. The molecule has 0 saturated carbocycles. The molecule has 3 aromatic carbocycles. The Morgan fingerprint density at radius 3 is 2.30 bits per heavy atom. The highest BCUT2D eigenvalue weighted by molar-refractivity contribution is 7.66. The molecule has 0 bridgehead atoms. The number of oxazole rings is 1. The van der Waals surface area contributed by atoms with Gasteiger partial charge in [0.25, 0.3) is 11.8 Å². The van der Waals surface area contributed by atoms with Crippen molar-refractivity contribution in [1.29, 1.82) is 0 Å². The van der Waals surface area contributed by atoms with Gasteiger partial charge in [0.1, 0.15) is 60.0 Å². The summed E-state index contributed by atoms with van der Waals surface area (Å²) in [7, 11) is -17.0. The van der Waals surface area contributed by atoms with Crippen LogP contribution in [0.25, 0.3) is 33.5 Å². The van der Waals surface area contributed by atoms with Gasteiger partial charge < -0.3 is 85.4 Å². The second kappa shape index (κ2) is 29.1. The lowest BCUT2D eigenvalue weighted by Crippen LogP contribution is -2.36. The van der Waals surface area contributed by atoms with Crippen molar-refractivity contribution in [2.24, 2.45) is 11.5 Å². The second-order valence-electron chi connectivity index (χ2n) is 18.2.